The molecule has 2 rings (SSSR count). The third kappa shape index (κ3) is 5.68. The molecule has 0 radical (unpaired) electrons. The van der Waals surface area contributed by atoms with Crippen LogP contribution in [0.3, 0.4) is 0 Å². The molecule has 1 aromatic rings. The maximum atomic E-state index is 12.3. The smallest absolute Gasteiger partial charge is 0.251 e. The molecule has 1 amide bonds. The van der Waals surface area contributed by atoms with E-state index in [1.807, 2.05) is 24.3 Å². The highest BCUT2D eigenvalue weighted by atomic mass is 16.5. The molecular weight excluding hydrogens is 300 g/mol. The normalized spacial score (nSPS) is 15.5. The van der Waals surface area contributed by atoms with Crippen LogP contribution < -0.4 is 10.1 Å². The number of methoxy groups -OCH3 is 1. The summed E-state index contributed by atoms with van der Waals surface area (Å²) in [5, 5.41) is 3.03. The summed E-state index contributed by atoms with van der Waals surface area (Å²) in [6, 6.07) is 5.56. The zero-order valence-corrected chi connectivity index (χ0v) is 14.9. The van der Waals surface area contributed by atoms with E-state index in [-0.39, 0.29) is 5.91 Å². The average molecular weight is 330 g/mol. The maximum absolute atomic E-state index is 12.3. The Labute approximate surface area is 145 Å². The molecule has 24 heavy (non-hydrogen) atoms. The van der Waals surface area contributed by atoms with Crippen molar-refractivity contribution < 1.29 is 9.53 Å². The number of hydrogen-bond acceptors (Lipinski definition) is 3. The summed E-state index contributed by atoms with van der Waals surface area (Å²) < 4.78 is 5.32. The monoisotopic (exact) mass is 330 g/mol. The van der Waals surface area contributed by atoms with E-state index in [2.05, 4.69) is 16.8 Å². The highest BCUT2D eigenvalue weighted by molar-refractivity contribution is 5.94. The van der Waals surface area contributed by atoms with Gasteiger partial charge in [0.2, 0.25) is 0 Å². The highest BCUT2D eigenvalue weighted by Crippen LogP contribution is 2.20. The molecule has 1 aliphatic rings. The standard InChI is InChI=1S/C20H30N2O2/c1-3-9-17-16-18(10-11-19(17)24-2)20(23)21-12-8-15-22-13-6-4-5-7-14-22/h3,10-11,16H,1,4-9,12-15H2,2H3,(H,21,23). The predicted molar refractivity (Wildman–Crippen MR) is 98.8 cm³/mol. The Balaban J connectivity index is 1.79. The van der Waals surface area contributed by atoms with Gasteiger partial charge in [-0.05, 0) is 69.1 Å². The summed E-state index contributed by atoms with van der Waals surface area (Å²) in [7, 11) is 1.64. The topological polar surface area (TPSA) is 41.6 Å². The van der Waals surface area contributed by atoms with E-state index in [1.165, 1.54) is 38.8 Å². The zero-order valence-electron chi connectivity index (χ0n) is 14.9. The van der Waals surface area contributed by atoms with Crippen molar-refractivity contribution in [2.75, 3.05) is 33.3 Å². The van der Waals surface area contributed by atoms with Gasteiger partial charge in [0.25, 0.3) is 5.91 Å². The van der Waals surface area contributed by atoms with Crippen molar-refractivity contribution in [2.24, 2.45) is 0 Å². The third-order valence-electron chi connectivity index (χ3n) is 4.54. The first-order chi connectivity index (χ1) is 11.7. The van der Waals surface area contributed by atoms with Crippen molar-refractivity contribution >= 4 is 5.91 Å². The van der Waals surface area contributed by atoms with Crippen LogP contribution >= 0.6 is 0 Å². The van der Waals surface area contributed by atoms with Gasteiger partial charge in [-0.25, -0.2) is 0 Å². The Kier molecular flexibility index (Phi) is 7.83. The Morgan fingerprint density at radius 3 is 2.71 bits per heavy atom. The van der Waals surface area contributed by atoms with Gasteiger partial charge in [0.15, 0.2) is 0 Å². The first kappa shape index (κ1) is 18.5. The van der Waals surface area contributed by atoms with E-state index in [0.717, 1.165) is 30.8 Å². The number of likely N-dealkylation sites (tertiary alicyclic amines) is 1. The minimum atomic E-state index is -0.0150. The lowest BCUT2D eigenvalue weighted by molar-refractivity contribution is 0.0951. The van der Waals surface area contributed by atoms with E-state index in [9.17, 15) is 4.79 Å². The van der Waals surface area contributed by atoms with Crippen LogP contribution in [0.4, 0.5) is 0 Å². The van der Waals surface area contributed by atoms with Gasteiger partial charge in [0.1, 0.15) is 5.75 Å². The molecule has 0 bridgehead atoms. The number of benzene rings is 1. The van der Waals surface area contributed by atoms with Gasteiger partial charge in [-0.3, -0.25) is 4.79 Å². The summed E-state index contributed by atoms with van der Waals surface area (Å²) in [5.74, 6) is 0.784. The van der Waals surface area contributed by atoms with Crippen LogP contribution in [0.2, 0.25) is 0 Å². The van der Waals surface area contributed by atoms with Crippen molar-refractivity contribution in [1.82, 2.24) is 10.2 Å². The molecule has 0 aromatic heterocycles. The predicted octanol–water partition coefficient (Wildman–Crippen LogP) is 3.42. The zero-order chi connectivity index (χ0) is 17.2. The van der Waals surface area contributed by atoms with Crippen LogP contribution in [0.1, 0.15) is 48.0 Å². The summed E-state index contributed by atoms with van der Waals surface area (Å²) in [6.07, 6.45) is 8.85. The van der Waals surface area contributed by atoms with Crippen molar-refractivity contribution in [3.05, 3.63) is 42.0 Å². The second-order valence-electron chi connectivity index (χ2n) is 6.38. The molecule has 0 aliphatic carbocycles. The van der Waals surface area contributed by atoms with Gasteiger partial charge in [0.05, 0.1) is 7.11 Å². The van der Waals surface area contributed by atoms with Crippen LogP contribution in [0.25, 0.3) is 0 Å². The minimum absolute atomic E-state index is 0.0150. The molecule has 132 valence electrons. The molecule has 0 atom stereocenters. The molecule has 1 N–H and O–H groups in total. The highest BCUT2D eigenvalue weighted by Gasteiger charge is 2.11. The molecule has 1 fully saturated rings. The van der Waals surface area contributed by atoms with Crippen LogP contribution in [-0.2, 0) is 6.42 Å². The number of carbonyl (C=O) groups is 1. The average Bonchev–Trinajstić information content (AvgIpc) is 2.87. The second kappa shape index (κ2) is 10.1. The first-order valence-corrected chi connectivity index (χ1v) is 9.03. The van der Waals surface area contributed by atoms with E-state index < -0.39 is 0 Å². The lowest BCUT2D eigenvalue weighted by Gasteiger charge is -2.19. The van der Waals surface area contributed by atoms with Gasteiger partial charge in [0, 0.05) is 12.1 Å². The molecule has 1 aliphatic heterocycles. The summed E-state index contributed by atoms with van der Waals surface area (Å²) in [4.78, 5) is 14.8. The van der Waals surface area contributed by atoms with Gasteiger partial charge < -0.3 is 15.0 Å². The number of hydrogen-bond donors (Lipinski definition) is 1. The molecule has 0 saturated carbocycles. The van der Waals surface area contributed by atoms with E-state index in [1.54, 1.807) is 7.11 Å². The molecular formula is C20H30N2O2. The number of rotatable bonds is 8. The molecule has 1 saturated heterocycles. The molecule has 0 unspecified atom stereocenters. The van der Waals surface area contributed by atoms with Gasteiger partial charge in [-0.15, -0.1) is 6.58 Å². The number of carbonyl (C=O) groups excluding carboxylic acids is 1. The third-order valence-corrected chi connectivity index (χ3v) is 4.54. The number of allylic oxidation sites excluding steroid dienone is 1. The minimum Gasteiger partial charge on any atom is -0.496 e. The lowest BCUT2D eigenvalue weighted by atomic mass is 10.1. The second-order valence-corrected chi connectivity index (χ2v) is 6.38. The molecule has 4 heteroatoms. The van der Waals surface area contributed by atoms with E-state index in [0.29, 0.717) is 12.0 Å². The number of amides is 1. The maximum Gasteiger partial charge on any atom is 0.251 e. The van der Waals surface area contributed by atoms with Gasteiger partial charge in [-0.1, -0.05) is 18.9 Å². The Morgan fingerprint density at radius 1 is 1.29 bits per heavy atom. The quantitative estimate of drug-likeness (QED) is 0.586. The van der Waals surface area contributed by atoms with Gasteiger partial charge in [-0.2, -0.15) is 0 Å². The fourth-order valence-electron chi connectivity index (χ4n) is 3.20. The number of ether oxygens (including phenoxy) is 1. The molecule has 0 spiro atoms. The molecule has 1 aromatic carbocycles. The van der Waals surface area contributed by atoms with Crippen LogP contribution in [0.15, 0.2) is 30.9 Å². The fourth-order valence-corrected chi connectivity index (χ4v) is 3.20. The van der Waals surface area contributed by atoms with E-state index in [4.69, 9.17) is 4.74 Å². The first-order valence-electron chi connectivity index (χ1n) is 9.03. The van der Waals surface area contributed by atoms with E-state index >= 15 is 0 Å². The number of nitrogens with zero attached hydrogens (tertiary/aromatic N) is 1. The molecule has 1 heterocycles. The van der Waals surface area contributed by atoms with Crippen LogP contribution in [0.5, 0.6) is 5.75 Å². The van der Waals surface area contributed by atoms with Crippen molar-refractivity contribution in [1.29, 1.82) is 0 Å². The lowest BCUT2D eigenvalue weighted by Crippen LogP contribution is -2.30. The largest absolute Gasteiger partial charge is 0.496 e. The van der Waals surface area contributed by atoms with Crippen LogP contribution in [0, 0.1) is 0 Å². The van der Waals surface area contributed by atoms with Crippen molar-refractivity contribution in [2.45, 2.75) is 38.5 Å². The van der Waals surface area contributed by atoms with Crippen LogP contribution in [-0.4, -0.2) is 44.1 Å². The van der Waals surface area contributed by atoms with Crippen molar-refractivity contribution in [3.8, 4) is 5.75 Å². The summed E-state index contributed by atoms with van der Waals surface area (Å²) >= 11 is 0. The Bertz CT molecular complexity index is 534. The SMILES string of the molecule is C=CCc1cc(C(=O)NCCCN2CCCCCC2)ccc1OC. The summed E-state index contributed by atoms with van der Waals surface area (Å²) in [5.41, 5.74) is 1.67. The van der Waals surface area contributed by atoms with Gasteiger partial charge >= 0.3 is 0 Å². The number of nitrogens with one attached hydrogen (secondary N) is 1. The Morgan fingerprint density at radius 2 is 2.04 bits per heavy atom. The fraction of sp³-hybridized carbons (Fsp3) is 0.550. The Hall–Kier alpha value is -1.81. The van der Waals surface area contributed by atoms with Crippen molar-refractivity contribution in [3.63, 3.8) is 0 Å². The summed E-state index contributed by atoms with van der Waals surface area (Å²) in [6.45, 7) is 7.96. The molecule has 4 nitrogen and oxygen atoms in total.